The molecule has 0 fully saturated rings. The molecule has 0 saturated heterocycles. The Morgan fingerprint density at radius 2 is 2.20 bits per heavy atom. The molecule has 4 heteroatoms. The third-order valence-corrected chi connectivity index (χ3v) is 2.22. The number of carbonyl (C=O) groups is 1. The van der Waals surface area contributed by atoms with Crippen LogP contribution in [0.4, 0.5) is 0 Å². The number of para-hydroxylation sites is 1. The number of carboxylic acid groups (broad SMARTS) is 1. The summed E-state index contributed by atoms with van der Waals surface area (Å²) in [5, 5.41) is 12.6. The van der Waals surface area contributed by atoms with Gasteiger partial charge in [0, 0.05) is 5.39 Å². The molecule has 2 rings (SSSR count). The van der Waals surface area contributed by atoms with Crippen LogP contribution in [0.2, 0.25) is 0 Å². The molecule has 78 valence electrons. The van der Waals surface area contributed by atoms with Gasteiger partial charge in [0.05, 0.1) is 6.54 Å². The Labute approximate surface area is 86.5 Å². The van der Waals surface area contributed by atoms with Crippen molar-refractivity contribution in [1.29, 1.82) is 0 Å². The Morgan fingerprint density at radius 1 is 1.47 bits per heavy atom. The van der Waals surface area contributed by atoms with E-state index >= 15 is 0 Å². The number of furan rings is 1. The van der Waals surface area contributed by atoms with E-state index in [1.807, 2.05) is 6.07 Å². The number of aromatic carboxylic acids is 1. The Morgan fingerprint density at radius 3 is 2.87 bits per heavy atom. The second-order valence-corrected chi connectivity index (χ2v) is 3.23. The molecular weight excluding hydrogens is 194 g/mol. The first-order valence-electron chi connectivity index (χ1n) is 4.62. The molecule has 0 atom stereocenters. The summed E-state index contributed by atoms with van der Waals surface area (Å²) >= 11 is 0. The smallest absolute Gasteiger partial charge is 0.339 e. The number of fused-ring (bicyclic) bond motifs is 1. The summed E-state index contributed by atoms with van der Waals surface area (Å²) < 4.78 is 5.46. The largest absolute Gasteiger partial charge is 0.478 e. The highest BCUT2D eigenvalue weighted by Crippen LogP contribution is 2.25. The van der Waals surface area contributed by atoms with Crippen molar-refractivity contribution in [3.63, 3.8) is 0 Å². The van der Waals surface area contributed by atoms with Crippen LogP contribution in [0.25, 0.3) is 11.0 Å². The molecule has 1 heterocycles. The zero-order valence-corrected chi connectivity index (χ0v) is 8.28. The molecule has 0 aliphatic carbocycles. The first-order chi connectivity index (χ1) is 7.24. The van der Waals surface area contributed by atoms with E-state index in [0.717, 1.165) is 0 Å². The number of nitrogens with one attached hydrogen (secondary N) is 1. The zero-order chi connectivity index (χ0) is 10.8. The molecule has 0 aliphatic rings. The molecule has 1 aromatic carbocycles. The molecule has 4 nitrogen and oxygen atoms in total. The summed E-state index contributed by atoms with van der Waals surface area (Å²) in [6.07, 6.45) is 0. The minimum absolute atomic E-state index is 0.250. The third kappa shape index (κ3) is 1.59. The number of rotatable bonds is 3. The predicted octanol–water partition coefficient (Wildman–Crippen LogP) is 1.85. The SMILES string of the molecule is CNCc1oc2ccccc2c1C(=O)O. The van der Waals surface area contributed by atoms with E-state index in [2.05, 4.69) is 5.32 Å². The Kier molecular flexibility index (Phi) is 2.43. The van der Waals surface area contributed by atoms with Crippen molar-refractivity contribution >= 4 is 16.9 Å². The summed E-state index contributed by atoms with van der Waals surface area (Å²) in [5.41, 5.74) is 0.861. The minimum atomic E-state index is -0.954. The molecule has 0 saturated carbocycles. The monoisotopic (exact) mass is 205 g/mol. The van der Waals surface area contributed by atoms with Gasteiger partial charge in [0.2, 0.25) is 0 Å². The van der Waals surface area contributed by atoms with Crippen molar-refractivity contribution in [3.05, 3.63) is 35.6 Å². The molecule has 0 bridgehead atoms. The van der Waals surface area contributed by atoms with Crippen LogP contribution in [0.1, 0.15) is 16.1 Å². The van der Waals surface area contributed by atoms with Crippen LogP contribution < -0.4 is 5.32 Å². The van der Waals surface area contributed by atoms with Crippen molar-refractivity contribution in [2.45, 2.75) is 6.54 Å². The summed E-state index contributed by atoms with van der Waals surface area (Å²) in [7, 11) is 1.75. The van der Waals surface area contributed by atoms with Gasteiger partial charge in [-0.15, -0.1) is 0 Å². The van der Waals surface area contributed by atoms with Gasteiger partial charge in [-0.3, -0.25) is 0 Å². The third-order valence-electron chi connectivity index (χ3n) is 2.22. The Bertz CT molecular complexity index is 502. The molecule has 0 unspecified atom stereocenters. The average Bonchev–Trinajstić information content (AvgIpc) is 2.56. The van der Waals surface area contributed by atoms with Gasteiger partial charge in [0.25, 0.3) is 0 Å². The lowest BCUT2D eigenvalue weighted by Gasteiger charge is -1.96. The van der Waals surface area contributed by atoms with Gasteiger partial charge in [-0.1, -0.05) is 18.2 Å². The average molecular weight is 205 g/mol. The molecule has 1 aromatic heterocycles. The summed E-state index contributed by atoms with van der Waals surface area (Å²) in [6.45, 7) is 0.413. The van der Waals surface area contributed by atoms with Crippen LogP contribution in [0.3, 0.4) is 0 Å². The van der Waals surface area contributed by atoms with Crippen molar-refractivity contribution in [3.8, 4) is 0 Å². The van der Waals surface area contributed by atoms with Gasteiger partial charge in [0.1, 0.15) is 16.9 Å². The number of benzene rings is 1. The van der Waals surface area contributed by atoms with Gasteiger partial charge in [-0.25, -0.2) is 4.79 Å². The lowest BCUT2D eigenvalue weighted by Crippen LogP contribution is -2.08. The maximum Gasteiger partial charge on any atom is 0.339 e. The fraction of sp³-hybridized carbons (Fsp3) is 0.182. The standard InChI is InChI=1S/C11H11NO3/c1-12-6-9-10(11(13)14)7-4-2-3-5-8(7)15-9/h2-5,12H,6H2,1H3,(H,13,14). The van der Waals surface area contributed by atoms with Crippen LogP contribution in [0.15, 0.2) is 28.7 Å². The Hall–Kier alpha value is -1.81. The van der Waals surface area contributed by atoms with E-state index in [-0.39, 0.29) is 5.56 Å². The van der Waals surface area contributed by atoms with Crippen molar-refractivity contribution in [2.24, 2.45) is 0 Å². The quantitative estimate of drug-likeness (QED) is 0.802. The minimum Gasteiger partial charge on any atom is -0.478 e. The first-order valence-corrected chi connectivity index (χ1v) is 4.62. The van der Waals surface area contributed by atoms with Gasteiger partial charge in [-0.05, 0) is 13.1 Å². The van der Waals surface area contributed by atoms with E-state index in [1.54, 1.807) is 25.2 Å². The van der Waals surface area contributed by atoms with Crippen LogP contribution in [0.5, 0.6) is 0 Å². The molecule has 0 spiro atoms. The molecule has 0 radical (unpaired) electrons. The normalized spacial score (nSPS) is 10.7. The van der Waals surface area contributed by atoms with Gasteiger partial charge in [-0.2, -0.15) is 0 Å². The topological polar surface area (TPSA) is 62.5 Å². The maximum absolute atomic E-state index is 11.1. The van der Waals surface area contributed by atoms with E-state index in [4.69, 9.17) is 9.52 Å². The van der Waals surface area contributed by atoms with Gasteiger partial charge in [0.15, 0.2) is 0 Å². The summed E-state index contributed by atoms with van der Waals surface area (Å²) in [6, 6.07) is 7.14. The van der Waals surface area contributed by atoms with Crippen molar-refractivity contribution in [2.75, 3.05) is 7.05 Å². The van der Waals surface area contributed by atoms with E-state index in [9.17, 15) is 4.79 Å². The van der Waals surface area contributed by atoms with Gasteiger partial charge >= 0.3 is 5.97 Å². The first kappa shape index (κ1) is 9.73. The summed E-state index contributed by atoms with van der Waals surface area (Å²) in [4.78, 5) is 11.1. The van der Waals surface area contributed by atoms with E-state index < -0.39 is 5.97 Å². The second-order valence-electron chi connectivity index (χ2n) is 3.23. The second kappa shape index (κ2) is 3.74. The molecule has 15 heavy (non-hydrogen) atoms. The van der Waals surface area contributed by atoms with Crippen molar-refractivity contribution in [1.82, 2.24) is 5.32 Å². The highest BCUT2D eigenvalue weighted by molar-refractivity contribution is 6.03. The maximum atomic E-state index is 11.1. The number of hydrogen-bond acceptors (Lipinski definition) is 3. The zero-order valence-electron chi connectivity index (χ0n) is 8.28. The molecule has 2 N–H and O–H groups in total. The van der Waals surface area contributed by atoms with E-state index in [1.165, 1.54) is 0 Å². The fourth-order valence-corrected chi connectivity index (χ4v) is 1.62. The highest BCUT2D eigenvalue weighted by atomic mass is 16.4. The predicted molar refractivity (Wildman–Crippen MR) is 55.9 cm³/mol. The number of carboxylic acids is 1. The summed E-state index contributed by atoms with van der Waals surface area (Å²) in [5.74, 6) is -0.489. The number of hydrogen-bond donors (Lipinski definition) is 2. The lowest BCUT2D eigenvalue weighted by atomic mass is 10.1. The molecular formula is C11H11NO3. The molecule has 0 aliphatic heterocycles. The molecule has 2 aromatic rings. The van der Waals surface area contributed by atoms with Crippen LogP contribution in [-0.4, -0.2) is 18.1 Å². The van der Waals surface area contributed by atoms with Crippen LogP contribution in [0, 0.1) is 0 Å². The molecule has 0 amide bonds. The lowest BCUT2D eigenvalue weighted by molar-refractivity contribution is 0.0696. The van der Waals surface area contributed by atoms with E-state index in [0.29, 0.717) is 23.3 Å². The van der Waals surface area contributed by atoms with Crippen LogP contribution in [-0.2, 0) is 6.54 Å². The Balaban J connectivity index is 2.69. The van der Waals surface area contributed by atoms with Crippen LogP contribution >= 0.6 is 0 Å². The van der Waals surface area contributed by atoms with Gasteiger partial charge < -0.3 is 14.8 Å². The van der Waals surface area contributed by atoms with Crippen molar-refractivity contribution < 1.29 is 14.3 Å². The fourth-order valence-electron chi connectivity index (χ4n) is 1.62. The highest BCUT2D eigenvalue weighted by Gasteiger charge is 2.18.